The molecule has 0 aromatic rings. The fourth-order valence-electron chi connectivity index (χ4n) is 0.839. The minimum Gasteiger partial charge on any atom is -0.501 e. The van der Waals surface area contributed by atoms with E-state index in [2.05, 4.69) is 15.2 Å². The molecule has 0 saturated carbocycles. The summed E-state index contributed by atoms with van der Waals surface area (Å²) in [7, 11) is 0. The number of nitrogens with zero attached hydrogens (tertiary/aromatic N) is 3. The molecule has 0 aliphatic carbocycles. The molecule has 2 rings (SSSR count). The molecule has 5 nitrogen and oxygen atoms in total. The van der Waals surface area contributed by atoms with Crippen LogP contribution in [0, 0.1) is 0 Å². The molecule has 0 atom stereocenters. The molecule has 1 N–H and O–H groups in total. The van der Waals surface area contributed by atoms with Crippen LogP contribution in [0.5, 0.6) is 0 Å². The molecular weight excluding hydrogens is 146 g/mol. The van der Waals surface area contributed by atoms with E-state index in [9.17, 15) is 4.79 Å². The molecule has 11 heavy (non-hydrogen) atoms. The van der Waals surface area contributed by atoms with Gasteiger partial charge in [0.15, 0.2) is 0 Å². The van der Waals surface area contributed by atoms with Crippen molar-refractivity contribution in [2.75, 3.05) is 0 Å². The lowest BCUT2D eigenvalue weighted by molar-refractivity contribution is -0.117. The van der Waals surface area contributed by atoms with Gasteiger partial charge < -0.3 is 5.11 Å². The summed E-state index contributed by atoms with van der Waals surface area (Å²) in [5, 5.41) is 15.8. The maximum absolute atomic E-state index is 10.7. The standard InChI is InChI=1S/C6H3N3O2/c10-5-4-3(1-2-7-4)8-9-6(5)11/h1-2,10H. The number of azo groups is 1. The second-order valence-corrected chi connectivity index (χ2v) is 2.03. The van der Waals surface area contributed by atoms with Crippen LogP contribution < -0.4 is 0 Å². The van der Waals surface area contributed by atoms with E-state index in [1.54, 1.807) is 6.08 Å². The van der Waals surface area contributed by atoms with Gasteiger partial charge in [0, 0.05) is 6.21 Å². The van der Waals surface area contributed by atoms with Crippen LogP contribution in [-0.4, -0.2) is 17.2 Å². The molecule has 0 radical (unpaired) electrons. The lowest BCUT2D eigenvalue weighted by Gasteiger charge is -2.02. The van der Waals surface area contributed by atoms with Gasteiger partial charge in [-0.3, -0.25) is 9.79 Å². The smallest absolute Gasteiger partial charge is 0.332 e. The molecule has 0 unspecified atom stereocenters. The number of amides is 1. The van der Waals surface area contributed by atoms with E-state index >= 15 is 0 Å². The first-order valence-corrected chi connectivity index (χ1v) is 2.93. The predicted octanol–water partition coefficient (Wildman–Crippen LogP) is 0.717. The summed E-state index contributed by atoms with van der Waals surface area (Å²) in [6.45, 7) is 0. The second kappa shape index (κ2) is 1.85. The van der Waals surface area contributed by atoms with Crippen LogP contribution in [0.25, 0.3) is 0 Å². The molecule has 0 aromatic heterocycles. The van der Waals surface area contributed by atoms with E-state index in [1.165, 1.54) is 6.21 Å². The van der Waals surface area contributed by atoms with Crippen molar-refractivity contribution < 1.29 is 9.90 Å². The van der Waals surface area contributed by atoms with E-state index in [4.69, 9.17) is 5.11 Å². The van der Waals surface area contributed by atoms with Crippen LogP contribution in [0.4, 0.5) is 0 Å². The maximum Gasteiger partial charge on any atom is 0.332 e. The SMILES string of the molecule is O=C1N=NC2=CC=NC2=C1O. The highest BCUT2D eigenvalue weighted by Crippen LogP contribution is 2.24. The van der Waals surface area contributed by atoms with E-state index in [0.29, 0.717) is 5.70 Å². The summed E-state index contributed by atoms with van der Waals surface area (Å²) in [5.74, 6) is -1.17. The number of aliphatic hydroxyl groups excluding tert-OH is 1. The maximum atomic E-state index is 10.7. The molecule has 2 aliphatic heterocycles. The zero-order chi connectivity index (χ0) is 7.84. The van der Waals surface area contributed by atoms with Gasteiger partial charge in [-0.2, -0.15) is 0 Å². The summed E-state index contributed by atoms with van der Waals surface area (Å²) >= 11 is 0. The highest BCUT2D eigenvalue weighted by molar-refractivity contribution is 5.96. The Morgan fingerprint density at radius 2 is 2.18 bits per heavy atom. The molecule has 2 aliphatic rings. The Morgan fingerprint density at radius 1 is 1.36 bits per heavy atom. The van der Waals surface area contributed by atoms with E-state index < -0.39 is 11.7 Å². The number of rotatable bonds is 0. The summed E-state index contributed by atoms with van der Waals surface area (Å²) in [6.07, 6.45) is 3.03. The molecule has 0 fully saturated rings. The van der Waals surface area contributed by atoms with Crippen molar-refractivity contribution >= 4 is 12.1 Å². The van der Waals surface area contributed by atoms with E-state index in [0.717, 1.165) is 0 Å². The third kappa shape index (κ3) is 0.706. The highest BCUT2D eigenvalue weighted by atomic mass is 16.3. The molecule has 54 valence electrons. The quantitative estimate of drug-likeness (QED) is 0.550. The minimum atomic E-state index is -0.740. The number of carbonyl (C=O) groups is 1. The zero-order valence-corrected chi connectivity index (χ0v) is 5.35. The van der Waals surface area contributed by atoms with Crippen LogP contribution in [0.1, 0.15) is 0 Å². The van der Waals surface area contributed by atoms with Crippen LogP contribution in [0.15, 0.2) is 38.5 Å². The van der Waals surface area contributed by atoms with Gasteiger partial charge in [-0.05, 0) is 6.08 Å². The number of allylic oxidation sites excluding steroid dienone is 1. The number of hydrogen-bond acceptors (Lipinski definition) is 4. The van der Waals surface area contributed by atoms with Crippen LogP contribution in [-0.2, 0) is 4.79 Å². The Morgan fingerprint density at radius 3 is 3.00 bits per heavy atom. The van der Waals surface area contributed by atoms with Crippen LogP contribution >= 0.6 is 0 Å². The Labute approximate surface area is 61.5 Å². The lowest BCUT2D eigenvalue weighted by atomic mass is 10.3. The van der Waals surface area contributed by atoms with E-state index in [1.807, 2.05) is 0 Å². The van der Waals surface area contributed by atoms with Crippen molar-refractivity contribution in [3.05, 3.63) is 23.2 Å². The van der Waals surface area contributed by atoms with Crippen LogP contribution in [0.2, 0.25) is 0 Å². The molecular formula is C6H3N3O2. The molecule has 0 aromatic carbocycles. The number of aliphatic imine (C=N–C) groups is 1. The average molecular weight is 149 g/mol. The van der Waals surface area contributed by atoms with Gasteiger partial charge in [0.25, 0.3) is 0 Å². The normalized spacial score (nSPS) is 20.7. The Balaban J connectivity index is 2.60. The lowest BCUT2D eigenvalue weighted by Crippen LogP contribution is -2.05. The summed E-state index contributed by atoms with van der Waals surface area (Å²) in [4.78, 5) is 14.4. The van der Waals surface area contributed by atoms with Crippen molar-refractivity contribution in [3.8, 4) is 0 Å². The first-order valence-electron chi connectivity index (χ1n) is 2.93. The molecule has 0 spiro atoms. The number of fused-ring (bicyclic) bond motifs is 1. The molecule has 1 amide bonds. The van der Waals surface area contributed by atoms with Gasteiger partial charge in [-0.15, -0.1) is 10.2 Å². The first-order chi connectivity index (χ1) is 5.29. The monoisotopic (exact) mass is 149 g/mol. The zero-order valence-electron chi connectivity index (χ0n) is 5.35. The Hall–Kier alpha value is -1.78. The average Bonchev–Trinajstić information content (AvgIpc) is 2.45. The fraction of sp³-hybridized carbons (Fsp3) is 0. The summed E-state index contributed by atoms with van der Waals surface area (Å²) in [6, 6.07) is 0. The van der Waals surface area contributed by atoms with Gasteiger partial charge >= 0.3 is 5.91 Å². The van der Waals surface area contributed by atoms with Crippen molar-refractivity contribution in [2.45, 2.75) is 0 Å². The fourth-order valence-corrected chi connectivity index (χ4v) is 0.839. The van der Waals surface area contributed by atoms with Crippen molar-refractivity contribution in [1.29, 1.82) is 0 Å². The van der Waals surface area contributed by atoms with Gasteiger partial charge in [-0.1, -0.05) is 0 Å². The van der Waals surface area contributed by atoms with Gasteiger partial charge in [0.2, 0.25) is 5.76 Å². The first kappa shape index (κ1) is 5.96. The van der Waals surface area contributed by atoms with Crippen molar-refractivity contribution in [1.82, 2.24) is 0 Å². The Kier molecular flexibility index (Phi) is 1.00. The Bertz CT molecular complexity index is 349. The number of carbonyl (C=O) groups excluding carboxylic acids is 1. The van der Waals surface area contributed by atoms with Crippen molar-refractivity contribution in [2.24, 2.45) is 15.2 Å². The predicted molar refractivity (Wildman–Crippen MR) is 36.1 cm³/mol. The second-order valence-electron chi connectivity index (χ2n) is 2.03. The molecule has 5 heteroatoms. The topological polar surface area (TPSA) is 74.4 Å². The van der Waals surface area contributed by atoms with Gasteiger partial charge in [-0.25, -0.2) is 0 Å². The molecule has 2 heterocycles. The number of hydrogen-bond donors (Lipinski definition) is 1. The number of aliphatic hydroxyl groups is 1. The largest absolute Gasteiger partial charge is 0.501 e. The third-order valence-electron chi connectivity index (χ3n) is 1.35. The molecule has 0 saturated heterocycles. The van der Waals surface area contributed by atoms with Crippen molar-refractivity contribution in [3.63, 3.8) is 0 Å². The van der Waals surface area contributed by atoms with Gasteiger partial charge in [0.05, 0.1) is 0 Å². The van der Waals surface area contributed by atoms with E-state index in [-0.39, 0.29) is 5.70 Å². The highest BCUT2D eigenvalue weighted by Gasteiger charge is 2.23. The third-order valence-corrected chi connectivity index (χ3v) is 1.35. The summed E-state index contributed by atoms with van der Waals surface area (Å²) in [5.41, 5.74) is 0.645. The summed E-state index contributed by atoms with van der Waals surface area (Å²) < 4.78 is 0. The molecule has 0 bridgehead atoms. The van der Waals surface area contributed by atoms with Crippen LogP contribution in [0.3, 0.4) is 0 Å². The van der Waals surface area contributed by atoms with Gasteiger partial charge in [0.1, 0.15) is 11.4 Å². The minimum absolute atomic E-state index is 0.213.